The molecule has 3 aromatic rings. The Balaban J connectivity index is 0.000000993. The van der Waals surface area contributed by atoms with E-state index in [9.17, 15) is 4.79 Å². The van der Waals surface area contributed by atoms with E-state index in [-0.39, 0.29) is 50.9 Å². The SMILES string of the molecule is [CH-]=C/C(=C\[C-]=NC=[N-])Oc1ccc(Nc2ncnc3cc(Br)[c-]nc23)cc1C.[CH2-]CN(C(=O)OC(C)(C)C)[C@@H]([CH2-])CO.[Li+].[Li+]. The first-order valence-corrected chi connectivity index (χ1v) is 13.3. The van der Waals surface area contributed by atoms with Gasteiger partial charge in [0.1, 0.15) is 23.5 Å². The standard InChI is InChI=1S/C20H13BrN6O.C10H19NO3.2Li/c1-3-16(6-7-23-11-22)28-18-5-4-15(8-13(18)2)27-20-19-17(25-12-26-20)9-14(21)10-24-19;1-6-11(8(2)7-12)9(13)14-10(3,4)5;;/h1,3-6,8-9,11-12H,2H3,(H,25,26,27);8,12H,1-2,6-7H2,3-5H3;;/q-4;-2;2*+1/b16-6+;;;/t;8-;;/m.0../s1. The quantitative estimate of drug-likeness (QED) is 0.0762. The van der Waals surface area contributed by atoms with Gasteiger partial charge in [0.05, 0.1) is 0 Å². The summed E-state index contributed by atoms with van der Waals surface area (Å²) in [4.78, 5) is 28.9. The zero-order valence-corrected chi connectivity index (χ0v) is 27.4. The fraction of sp³-hybridized carbons (Fsp3) is 0.267. The topological polar surface area (TPSA) is 144 Å². The molecule has 0 aliphatic carbocycles. The average molecular weight is 648 g/mol. The van der Waals surface area contributed by atoms with Gasteiger partial charge in [-0.1, -0.05) is 32.6 Å². The molecule has 0 saturated carbocycles. The van der Waals surface area contributed by atoms with Gasteiger partial charge >= 0.3 is 43.8 Å². The molecule has 1 amide bonds. The summed E-state index contributed by atoms with van der Waals surface area (Å²) in [6.07, 6.45) is 9.60. The van der Waals surface area contributed by atoms with Crippen LogP contribution in [0.15, 0.2) is 58.0 Å². The second-order valence-electron chi connectivity index (χ2n) is 9.48. The minimum absolute atomic E-state index is 0. The van der Waals surface area contributed by atoms with E-state index in [1.165, 1.54) is 23.4 Å². The molecule has 2 heterocycles. The normalized spacial score (nSPS) is 11.7. The first-order valence-electron chi connectivity index (χ1n) is 12.6. The number of nitrogens with one attached hydrogen (secondary N) is 1. The van der Waals surface area contributed by atoms with Crippen LogP contribution in [-0.2, 0) is 4.74 Å². The van der Waals surface area contributed by atoms with Crippen molar-refractivity contribution in [2.24, 2.45) is 4.99 Å². The predicted octanol–water partition coefficient (Wildman–Crippen LogP) is -0.303. The van der Waals surface area contributed by atoms with Crippen LogP contribution >= 0.6 is 15.9 Å². The number of halogens is 1. The molecule has 0 unspecified atom stereocenters. The number of allylic oxidation sites excluding steroid dienone is 2. The zero-order valence-electron chi connectivity index (χ0n) is 25.8. The maximum absolute atomic E-state index is 11.5. The van der Waals surface area contributed by atoms with Gasteiger partial charge in [-0.3, -0.25) is 11.6 Å². The second kappa shape index (κ2) is 20.1. The Bertz CT molecular complexity index is 1450. The van der Waals surface area contributed by atoms with Gasteiger partial charge in [0.15, 0.2) is 0 Å². The molecule has 0 bridgehead atoms. The van der Waals surface area contributed by atoms with Crippen molar-refractivity contribution in [2.75, 3.05) is 18.5 Å². The van der Waals surface area contributed by atoms with Gasteiger partial charge < -0.3 is 54.0 Å². The summed E-state index contributed by atoms with van der Waals surface area (Å²) in [6.45, 7) is 20.0. The van der Waals surface area contributed by atoms with Crippen LogP contribution in [-0.4, -0.2) is 68.4 Å². The molecule has 0 fully saturated rings. The number of carbonyl (C=O) groups is 1. The van der Waals surface area contributed by atoms with E-state index in [0.717, 1.165) is 15.7 Å². The van der Waals surface area contributed by atoms with Crippen molar-refractivity contribution in [3.63, 3.8) is 0 Å². The first kappa shape index (κ1) is 41.0. The number of amides is 1. The number of benzene rings is 1. The number of aromatic nitrogens is 3. The van der Waals surface area contributed by atoms with Crippen molar-refractivity contribution in [3.8, 4) is 5.75 Å². The summed E-state index contributed by atoms with van der Waals surface area (Å²) >= 11 is 3.33. The van der Waals surface area contributed by atoms with Crippen molar-refractivity contribution in [1.29, 1.82) is 0 Å². The summed E-state index contributed by atoms with van der Waals surface area (Å²) in [5.74, 6) is 1.52. The maximum Gasteiger partial charge on any atom is 1.00 e. The van der Waals surface area contributed by atoms with Gasteiger partial charge in [0.2, 0.25) is 0 Å². The monoisotopic (exact) mass is 647 g/mol. The van der Waals surface area contributed by atoms with Crippen LogP contribution in [0.3, 0.4) is 0 Å². The Hall–Kier alpha value is -2.97. The maximum atomic E-state index is 11.5. The average Bonchev–Trinajstić information content (AvgIpc) is 2.93. The zero-order chi connectivity index (χ0) is 31.3. The van der Waals surface area contributed by atoms with Gasteiger partial charge in [0.25, 0.3) is 0 Å². The van der Waals surface area contributed by atoms with Crippen LogP contribution in [0.25, 0.3) is 16.4 Å². The number of aliphatic hydroxyl groups excluding tert-OH is 1. The molecule has 224 valence electrons. The van der Waals surface area contributed by atoms with Gasteiger partial charge in [-0.25, -0.2) is 22.3 Å². The number of ether oxygens (including phenoxy) is 2. The summed E-state index contributed by atoms with van der Waals surface area (Å²) in [5.41, 5.74) is 2.44. The molecule has 44 heavy (non-hydrogen) atoms. The van der Waals surface area contributed by atoms with Gasteiger partial charge in [-0.05, 0) is 57.0 Å². The molecule has 0 aliphatic heterocycles. The van der Waals surface area contributed by atoms with E-state index in [4.69, 9.17) is 26.6 Å². The van der Waals surface area contributed by atoms with Crippen LogP contribution in [0.1, 0.15) is 26.3 Å². The predicted molar refractivity (Wildman–Crippen MR) is 167 cm³/mol. The third kappa shape index (κ3) is 13.4. The molecular formula is C30H32BrLi2N7O4-4. The number of aliphatic hydroxyl groups is 1. The minimum Gasteiger partial charge on any atom is -0.577 e. The van der Waals surface area contributed by atoms with Crippen molar-refractivity contribution in [1.82, 2.24) is 19.9 Å². The van der Waals surface area contributed by atoms with E-state index >= 15 is 0 Å². The molecule has 1 aromatic carbocycles. The Labute approximate surface area is 291 Å². The summed E-state index contributed by atoms with van der Waals surface area (Å²) in [7, 11) is 0. The molecule has 0 aliphatic rings. The first-order chi connectivity index (χ1) is 19.9. The molecule has 1 atom stereocenters. The van der Waals surface area contributed by atoms with Gasteiger partial charge in [-0.15, -0.1) is 18.7 Å². The fourth-order valence-electron chi connectivity index (χ4n) is 3.15. The molecular weight excluding hydrogens is 616 g/mol. The van der Waals surface area contributed by atoms with E-state index in [0.29, 0.717) is 34.7 Å². The number of aliphatic imine (C=N–C) groups is 1. The molecule has 2 aromatic heterocycles. The number of pyridine rings is 1. The van der Waals surface area contributed by atoms with Crippen molar-refractivity contribution >= 4 is 57.1 Å². The number of aryl methyl sites for hydroxylation is 1. The van der Waals surface area contributed by atoms with E-state index in [1.54, 1.807) is 26.8 Å². The molecule has 0 spiro atoms. The number of anilines is 2. The Morgan fingerprint density at radius 3 is 2.61 bits per heavy atom. The van der Waals surface area contributed by atoms with Gasteiger partial charge in [0, 0.05) is 23.6 Å². The summed E-state index contributed by atoms with van der Waals surface area (Å²) < 4.78 is 11.5. The molecule has 0 radical (unpaired) electrons. The smallest absolute Gasteiger partial charge is 0.577 e. The Morgan fingerprint density at radius 2 is 2.05 bits per heavy atom. The summed E-state index contributed by atoms with van der Waals surface area (Å²) in [5, 5.41) is 20.6. The van der Waals surface area contributed by atoms with Gasteiger partial charge in [-0.2, -0.15) is 6.08 Å². The molecule has 2 N–H and O–H groups in total. The fourth-order valence-corrected chi connectivity index (χ4v) is 3.46. The summed E-state index contributed by atoms with van der Waals surface area (Å²) in [6, 6.07) is 6.85. The number of carbonyl (C=O) groups excluding carboxylic acids is 1. The van der Waals surface area contributed by atoms with E-state index in [2.05, 4.69) is 67.4 Å². The third-order valence-corrected chi connectivity index (χ3v) is 5.48. The molecule has 3 rings (SSSR count). The van der Waals surface area contributed by atoms with E-state index < -0.39 is 17.7 Å². The van der Waals surface area contributed by atoms with Crippen molar-refractivity contribution in [3.05, 3.63) is 90.6 Å². The number of rotatable bonds is 10. The van der Waals surface area contributed by atoms with Crippen LogP contribution in [0.5, 0.6) is 5.75 Å². The van der Waals surface area contributed by atoms with Crippen LogP contribution in [0, 0.1) is 33.5 Å². The number of nitrogens with zero attached hydrogens (tertiary/aromatic N) is 6. The number of hydrogen-bond donors (Lipinski definition) is 2. The number of fused-ring (bicyclic) bond motifs is 1. The molecule has 14 heteroatoms. The van der Waals surface area contributed by atoms with Crippen LogP contribution in [0.2, 0.25) is 0 Å². The van der Waals surface area contributed by atoms with Crippen molar-refractivity contribution < 1.29 is 57.1 Å². The molecule has 11 nitrogen and oxygen atoms in total. The van der Waals surface area contributed by atoms with E-state index in [1.807, 2.05) is 25.1 Å². The van der Waals surface area contributed by atoms with Crippen molar-refractivity contribution in [2.45, 2.75) is 39.3 Å². The Kier molecular flexibility index (Phi) is 18.8. The van der Waals surface area contributed by atoms with Crippen LogP contribution in [0.4, 0.5) is 16.3 Å². The number of hydrogen-bond acceptors (Lipinski definition) is 8. The second-order valence-corrected chi connectivity index (χ2v) is 10.3. The Morgan fingerprint density at radius 1 is 1.34 bits per heavy atom. The third-order valence-electron chi connectivity index (χ3n) is 5.08. The molecule has 0 saturated heterocycles. The van der Waals surface area contributed by atoms with Crippen LogP contribution < -0.4 is 47.8 Å². The minimum atomic E-state index is -0.542. The largest absolute Gasteiger partial charge is 1.00 e.